The molecule has 0 radical (unpaired) electrons. The molecular weight excluding hydrogens is 366 g/mol. The first-order valence-electron chi connectivity index (χ1n) is 7.29. The number of hydrogen-bond donors (Lipinski definition) is 0. The summed E-state index contributed by atoms with van der Waals surface area (Å²) in [5.41, 5.74) is 1.60. The van der Waals surface area contributed by atoms with Gasteiger partial charge in [-0.2, -0.15) is 0 Å². The van der Waals surface area contributed by atoms with Gasteiger partial charge in [-0.15, -0.1) is 11.8 Å². The summed E-state index contributed by atoms with van der Waals surface area (Å²) in [7, 11) is 3.19. The number of anilines is 1. The van der Waals surface area contributed by atoms with Crippen molar-refractivity contribution >= 4 is 51.2 Å². The van der Waals surface area contributed by atoms with Crippen LogP contribution in [-0.2, 0) is 14.3 Å². The van der Waals surface area contributed by atoms with Crippen molar-refractivity contribution in [3.63, 3.8) is 0 Å². The summed E-state index contributed by atoms with van der Waals surface area (Å²) in [5, 5.41) is 0.602. The molecule has 1 aromatic carbocycles. The van der Waals surface area contributed by atoms with Crippen LogP contribution in [0.25, 0.3) is 0 Å². The van der Waals surface area contributed by atoms with Gasteiger partial charge in [0.1, 0.15) is 11.7 Å². The third kappa shape index (κ3) is 3.11. The number of ether oxygens (including phenoxy) is 2. The van der Waals surface area contributed by atoms with Gasteiger partial charge in [-0.1, -0.05) is 29.9 Å². The van der Waals surface area contributed by atoms with Gasteiger partial charge >= 0.3 is 0 Å². The smallest absolute Gasteiger partial charge is 0.192 e. The van der Waals surface area contributed by atoms with E-state index in [1.165, 1.54) is 11.8 Å². The molecular formula is C17H16ClNO3S2. The Morgan fingerprint density at radius 2 is 2.12 bits per heavy atom. The number of carbonyl (C=O) groups is 1. The molecule has 1 fully saturated rings. The quantitative estimate of drug-likeness (QED) is 0.738. The zero-order chi connectivity index (χ0) is 17.3. The molecule has 3 rings (SSSR count). The Hall–Kier alpha value is -1.34. The number of thioether (sulfide) groups is 1. The van der Waals surface area contributed by atoms with Crippen LogP contribution < -0.4 is 4.90 Å². The maximum absolute atomic E-state index is 12.4. The van der Waals surface area contributed by atoms with Crippen LogP contribution >= 0.6 is 35.6 Å². The molecule has 1 aromatic rings. The Labute approximate surface area is 155 Å². The number of ketones is 1. The molecule has 0 saturated carbocycles. The average Bonchev–Trinajstić information content (AvgIpc) is 2.92. The SMILES string of the molecule is COC1=CC=C(C2C(=O)CSC2=S)N(c2cccc(Cl)c2)C1OC. The molecule has 2 aliphatic rings. The Morgan fingerprint density at radius 1 is 1.33 bits per heavy atom. The third-order valence-corrected chi connectivity index (χ3v) is 5.70. The molecule has 24 heavy (non-hydrogen) atoms. The van der Waals surface area contributed by atoms with Crippen molar-refractivity contribution in [2.75, 3.05) is 24.9 Å². The first kappa shape index (κ1) is 17.5. The van der Waals surface area contributed by atoms with Crippen LogP contribution in [0.5, 0.6) is 0 Å². The summed E-state index contributed by atoms with van der Waals surface area (Å²) < 4.78 is 11.8. The standard InChI is InChI=1S/C17H16ClNO3S2/c1-21-14-7-6-12(15-13(20)9-24-17(15)23)19(16(14)22-2)11-5-3-4-10(18)8-11/h3-8,15-16H,9H2,1-2H3. The summed E-state index contributed by atoms with van der Waals surface area (Å²) in [6, 6.07) is 7.40. The molecule has 0 aliphatic carbocycles. The lowest BCUT2D eigenvalue weighted by molar-refractivity contribution is -0.117. The van der Waals surface area contributed by atoms with Gasteiger partial charge in [0.2, 0.25) is 0 Å². The number of halogens is 1. The highest BCUT2D eigenvalue weighted by molar-refractivity contribution is 8.24. The largest absolute Gasteiger partial charge is 0.496 e. The minimum atomic E-state index is -0.491. The van der Waals surface area contributed by atoms with Crippen molar-refractivity contribution in [3.8, 4) is 0 Å². The fourth-order valence-electron chi connectivity index (χ4n) is 2.85. The highest BCUT2D eigenvalue weighted by atomic mass is 35.5. The lowest BCUT2D eigenvalue weighted by Gasteiger charge is -2.38. The number of Topliss-reactive ketones (excluding diaryl/α,β-unsaturated/α-hetero) is 1. The highest BCUT2D eigenvalue weighted by Gasteiger charge is 2.40. The molecule has 7 heteroatoms. The number of hydrogen-bond acceptors (Lipinski definition) is 6. The second kappa shape index (κ2) is 7.27. The Bertz CT molecular complexity index is 731. The van der Waals surface area contributed by atoms with E-state index < -0.39 is 12.1 Å². The van der Waals surface area contributed by atoms with E-state index in [0.29, 0.717) is 20.7 Å². The number of carbonyl (C=O) groups excluding carboxylic acids is 1. The number of thiocarbonyl (C=S) groups is 1. The highest BCUT2D eigenvalue weighted by Crippen LogP contribution is 2.39. The fourth-order valence-corrected chi connectivity index (χ4v) is 4.34. The molecule has 2 aliphatic heterocycles. The number of methoxy groups -OCH3 is 2. The third-order valence-electron chi connectivity index (χ3n) is 3.93. The molecule has 2 heterocycles. The van der Waals surface area contributed by atoms with E-state index in [9.17, 15) is 4.79 Å². The number of benzene rings is 1. The van der Waals surface area contributed by atoms with Gasteiger partial charge in [-0.25, -0.2) is 0 Å². The van der Waals surface area contributed by atoms with Gasteiger partial charge in [0.05, 0.1) is 17.1 Å². The molecule has 0 amide bonds. The van der Waals surface area contributed by atoms with E-state index in [-0.39, 0.29) is 5.78 Å². The van der Waals surface area contributed by atoms with E-state index in [0.717, 1.165) is 11.4 Å². The number of nitrogens with zero attached hydrogens (tertiary/aromatic N) is 1. The van der Waals surface area contributed by atoms with Crippen molar-refractivity contribution in [2.24, 2.45) is 5.92 Å². The van der Waals surface area contributed by atoms with E-state index in [1.807, 2.05) is 35.3 Å². The van der Waals surface area contributed by atoms with E-state index in [2.05, 4.69) is 0 Å². The van der Waals surface area contributed by atoms with Crippen LogP contribution in [0.2, 0.25) is 5.02 Å². The summed E-state index contributed by atoms with van der Waals surface area (Å²) in [6.45, 7) is 0. The lowest BCUT2D eigenvalue weighted by Crippen LogP contribution is -2.43. The van der Waals surface area contributed by atoms with Crippen molar-refractivity contribution in [2.45, 2.75) is 6.23 Å². The summed E-state index contributed by atoms with van der Waals surface area (Å²) in [5.74, 6) is 0.719. The van der Waals surface area contributed by atoms with E-state index >= 15 is 0 Å². The molecule has 0 spiro atoms. The summed E-state index contributed by atoms with van der Waals surface area (Å²) >= 11 is 13.0. The maximum atomic E-state index is 12.4. The fraction of sp³-hybridized carbons (Fsp3) is 0.294. The second-order valence-corrected chi connectivity index (χ2v) is 7.46. The Balaban J connectivity index is 2.12. The first-order chi connectivity index (χ1) is 11.6. The van der Waals surface area contributed by atoms with Crippen molar-refractivity contribution in [1.29, 1.82) is 0 Å². The minimum absolute atomic E-state index is 0.104. The van der Waals surface area contributed by atoms with Gasteiger partial charge in [-0.3, -0.25) is 4.79 Å². The van der Waals surface area contributed by atoms with Gasteiger partial charge in [-0.05, 0) is 30.4 Å². The van der Waals surface area contributed by atoms with Gasteiger partial charge in [0.25, 0.3) is 0 Å². The second-order valence-electron chi connectivity index (χ2n) is 5.31. The van der Waals surface area contributed by atoms with Crippen molar-refractivity contribution in [1.82, 2.24) is 0 Å². The van der Waals surface area contributed by atoms with Gasteiger partial charge in [0, 0.05) is 23.5 Å². The monoisotopic (exact) mass is 381 g/mol. The number of rotatable bonds is 4. The molecule has 126 valence electrons. The summed E-state index contributed by atoms with van der Waals surface area (Å²) in [4.78, 5) is 14.3. The summed E-state index contributed by atoms with van der Waals surface area (Å²) in [6.07, 6.45) is 3.20. The van der Waals surface area contributed by atoms with Crippen LogP contribution in [-0.4, -0.2) is 36.2 Å². The van der Waals surface area contributed by atoms with Crippen molar-refractivity contribution < 1.29 is 14.3 Å². The topological polar surface area (TPSA) is 38.8 Å². The molecule has 0 aromatic heterocycles. The average molecular weight is 382 g/mol. The predicted octanol–water partition coefficient (Wildman–Crippen LogP) is 3.81. The number of allylic oxidation sites excluding steroid dienone is 3. The predicted molar refractivity (Wildman–Crippen MR) is 101 cm³/mol. The Kier molecular flexibility index (Phi) is 5.30. The normalized spacial score (nSPS) is 24.0. The molecule has 1 saturated heterocycles. The van der Waals surface area contributed by atoms with Crippen LogP contribution in [0.1, 0.15) is 0 Å². The van der Waals surface area contributed by atoms with Crippen LogP contribution in [0, 0.1) is 5.92 Å². The first-order valence-corrected chi connectivity index (χ1v) is 9.06. The molecule has 0 N–H and O–H groups in total. The van der Waals surface area contributed by atoms with Crippen LogP contribution in [0.3, 0.4) is 0 Å². The van der Waals surface area contributed by atoms with Crippen LogP contribution in [0.15, 0.2) is 47.9 Å². The minimum Gasteiger partial charge on any atom is -0.496 e. The van der Waals surface area contributed by atoms with Gasteiger partial charge in [0.15, 0.2) is 12.0 Å². The van der Waals surface area contributed by atoms with E-state index in [4.69, 9.17) is 33.3 Å². The molecule has 2 atom stereocenters. The lowest BCUT2D eigenvalue weighted by atomic mass is 9.98. The molecule has 2 unspecified atom stereocenters. The zero-order valence-electron chi connectivity index (χ0n) is 13.2. The zero-order valence-corrected chi connectivity index (χ0v) is 15.6. The van der Waals surface area contributed by atoms with E-state index in [1.54, 1.807) is 20.3 Å². The maximum Gasteiger partial charge on any atom is 0.192 e. The van der Waals surface area contributed by atoms with Gasteiger partial charge < -0.3 is 14.4 Å². The van der Waals surface area contributed by atoms with Crippen LogP contribution in [0.4, 0.5) is 5.69 Å². The molecule has 0 bridgehead atoms. The van der Waals surface area contributed by atoms with Crippen molar-refractivity contribution in [3.05, 3.63) is 52.9 Å². The molecule has 4 nitrogen and oxygen atoms in total. The Morgan fingerprint density at radius 3 is 2.71 bits per heavy atom.